The molecule has 1 rings (SSSR count). The van der Waals surface area contributed by atoms with Crippen molar-refractivity contribution in [3.05, 3.63) is 0 Å². The molecule has 0 radical (unpaired) electrons. The first kappa shape index (κ1) is 14.3. The van der Waals surface area contributed by atoms with Crippen LogP contribution in [0, 0.1) is 0 Å². The molecule has 0 aliphatic heterocycles. The Morgan fingerprint density at radius 1 is 1.50 bits per heavy atom. The number of rotatable bonds is 7. The average Bonchev–Trinajstić information content (AvgIpc) is 2.67. The summed E-state index contributed by atoms with van der Waals surface area (Å²) in [6, 6.07) is 0.649. The first-order valence-corrected chi connectivity index (χ1v) is 7.21. The van der Waals surface area contributed by atoms with Gasteiger partial charge in [0.15, 0.2) is 0 Å². The fourth-order valence-electron chi connectivity index (χ4n) is 2.43. The van der Waals surface area contributed by atoms with Gasteiger partial charge in [-0.15, -0.1) is 0 Å². The summed E-state index contributed by atoms with van der Waals surface area (Å²) in [5, 5.41) is 10.5. The number of hydrogen-bond acceptors (Lipinski definition) is 4. The van der Waals surface area contributed by atoms with Gasteiger partial charge in [-0.2, -0.15) is 11.8 Å². The molecule has 1 aliphatic rings. The number of nitrogens with zero attached hydrogens (tertiary/aromatic N) is 1. The topological polar surface area (TPSA) is 32.7 Å². The van der Waals surface area contributed by atoms with E-state index in [4.69, 9.17) is 4.74 Å². The molecule has 0 aromatic rings. The Bertz CT molecular complexity index is 192. The molecule has 1 N–H and O–H groups in total. The molecule has 96 valence electrons. The van der Waals surface area contributed by atoms with E-state index in [1.807, 2.05) is 0 Å². The van der Waals surface area contributed by atoms with E-state index in [1.54, 1.807) is 7.11 Å². The lowest BCUT2D eigenvalue weighted by molar-refractivity contribution is 0.0348. The lowest BCUT2D eigenvalue weighted by atomic mass is 10.2. The van der Waals surface area contributed by atoms with Gasteiger partial charge in [-0.3, -0.25) is 0 Å². The summed E-state index contributed by atoms with van der Waals surface area (Å²) in [7, 11) is 3.75. The fraction of sp³-hybridized carbons (Fsp3) is 1.00. The van der Waals surface area contributed by atoms with Gasteiger partial charge in [-0.1, -0.05) is 6.92 Å². The summed E-state index contributed by atoms with van der Waals surface area (Å²) in [5.41, 5.74) is 0. The van der Waals surface area contributed by atoms with E-state index in [1.165, 1.54) is 25.0 Å². The summed E-state index contributed by atoms with van der Waals surface area (Å²) in [6.07, 6.45) is 3.52. The lowest BCUT2D eigenvalue weighted by Gasteiger charge is -2.26. The lowest BCUT2D eigenvalue weighted by Crippen LogP contribution is -2.38. The van der Waals surface area contributed by atoms with E-state index in [9.17, 15) is 5.11 Å². The Morgan fingerprint density at radius 3 is 2.88 bits per heavy atom. The van der Waals surface area contributed by atoms with Gasteiger partial charge < -0.3 is 14.7 Å². The third-order valence-electron chi connectivity index (χ3n) is 3.24. The van der Waals surface area contributed by atoms with Crippen molar-refractivity contribution >= 4 is 11.8 Å². The molecule has 3 atom stereocenters. The van der Waals surface area contributed by atoms with Crippen LogP contribution in [0.15, 0.2) is 0 Å². The van der Waals surface area contributed by atoms with Crippen LogP contribution in [0.2, 0.25) is 0 Å². The van der Waals surface area contributed by atoms with Crippen LogP contribution in [-0.2, 0) is 4.74 Å². The SMILES string of the molecule is CCS[C@@H]1CC[C@H](N(C)C[C@H](O)COC)C1. The van der Waals surface area contributed by atoms with Crippen molar-refractivity contribution in [2.45, 2.75) is 43.6 Å². The van der Waals surface area contributed by atoms with E-state index in [0.29, 0.717) is 12.6 Å². The van der Waals surface area contributed by atoms with Crippen molar-refractivity contribution in [1.82, 2.24) is 4.90 Å². The molecule has 0 amide bonds. The Balaban J connectivity index is 2.24. The molecule has 1 aliphatic carbocycles. The summed E-state index contributed by atoms with van der Waals surface area (Å²) in [4.78, 5) is 2.29. The molecule has 3 nitrogen and oxygen atoms in total. The number of likely N-dealkylation sites (N-methyl/N-ethyl adjacent to an activating group) is 1. The van der Waals surface area contributed by atoms with Gasteiger partial charge in [0.1, 0.15) is 0 Å². The second kappa shape index (κ2) is 7.54. The normalized spacial score (nSPS) is 27.6. The maximum absolute atomic E-state index is 9.68. The molecular weight excluding hydrogens is 222 g/mol. The summed E-state index contributed by atoms with van der Waals surface area (Å²) in [5.74, 6) is 1.22. The highest BCUT2D eigenvalue weighted by molar-refractivity contribution is 7.99. The van der Waals surface area contributed by atoms with Crippen LogP contribution >= 0.6 is 11.8 Å². The largest absolute Gasteiger partial charge is 0.389 e. The van der Waals surface area contributed by atoms with Crippen molar-refractivity contribution in [3.8, 4) is 0 Å². The predicted molar refractivity (Wildman–Crippen MR) is 70.1 cm³/mol. The van der Waals surface area contributed by atoms with E-state index >= 15 is 0 Å². The van der Waals surface area contributed by atoms with Gasteiger partial charge in [0.2, 0.25) is 0 Å². The van der Waals surface area contributed by atoms with Crippen molar-refractivity contribution < 1.29 is 9.84 Å². The molecule has 0 unspecified atom stereocenters. The zero-order valence-electron chi connectivity index (χ0n) is 10.7. The molecule has 0 bridgehead atoms. The second-order valence-corrected chi connectivity index (χ2v) is 6.17. The monoisotopic (exact) mass is 247 g/mol. The van der Waals surface area contributed by atoms with E-state index in [2.05, 4.69) is 30.6 Å². The van der Waals surface area contributed by atoms with Crippen LogP contribution in [0.25, 0.3) is 0 Å². The predicted octanol–water partition coefficient (Wildman–Crippen LogP) is 1.60. The minimum Gasteiger partial charge on any atom is -0.389 e. The van der Waals surface area contributed by atoms with E-state index < -0.39 is 0 Å². The highest BCUT2D eigenvalue weighted by Crippen LogP contribution is 2.32. The maximum atomic E-state index is 9.68. The molecule has 0 spiro atoms. The number of ether oxygens (including phenoxy) is 1. The number of aliphatic hydroxyl groups is 1. The van der Waals surface area contributed by atoms with Gasteiger partial charge in [0.25, 0.3) is 0 Å². The van der Waals surface area contributed by atoms with Crippen molar-refractivity contribution in [2.24, 2.45) is 0 Å². The first-order valence-electron chi connectivity index (χ1n) is 6.16. The molecule has 1 fully saturated rings. The zero-order chi connectivity index (χ0) is 12.0. The van der Waals surface area contributed by atoms with Gasteiger partial charge in [-0.05, 0) is 32.1 Å². The van der Waals surface area contributed by atoms with E-state index in [-0.39, 0.29) is 6.10 Å². The van der Waals surface area contributed by atoms with Gasteiger partial charge in [0.05, 0.1) is 12.7 Å². The highest BCUT2D eigenvalue weighted by atomic mass is 32.2. The van der Waals surface area contributed by atoms with Crippen molar-refractivity contribution in [1.29, 1.82) is 0 Å². The number of thioether (sulfide) groups is 1. The smallest absolute Gasteiger partial charge is 0.0900 e. The van der Waals surface area contributed by atoms with Crippen LogP contribution in [0.4, 0.5) is 0 Å². The third kappa shape index (κ3) is 4.62. The molecule has 0 aromatic carbocycles. The maximum Gasteiger partial charge on any atom is 0.0900 e. The Hall–Kier alpha value is 0.230. The van der Waals surface area contributed by atoms with Crippen LogP contribution in [0.1, 0.15) is 26.2 Å². The van der Waals surface area contributed by atoms with Crippen molar-refractivity contribution in [3.63, 3.8) is 0 Å². The molecule has 16 heavy (non-hydrogen) atoms. The summed E-state index contributed by atoms with van der Waals surface area (Å²) >= 11 is 2.08. The number of methoxy groups -OCH3 is 1. The van der Waals surface area contributed by atoms with Crippen LogP contribution in [0.5, 0.6) is 0 Å². The second-order valence-electron chi connectivity index (χ2n) is 4.59. The van der Waals surface area contributed by atoms with Crippen molar-refractivity contribution in [2.75, 3.05) is 33.1 Å². The Morgan fingerprint density at radius 2 is 2.25 bits per heavy atom. The highest BCUT2D eigenvalue weighted by Gasteiger charge is 2.28. The Labute approximate surface area is 104 Å². The molecule has 0 aromatic heterocycles. The van der Waals surface area contributed by atoms with Crippen LogP contribution < -0.4 is 0 Å². The molecule has 0 saturated heterocycles. The number of hydrogen-bond donors (Lipinski definition) is 1. The summed E-state index contributed by atoms with van der Waals surface area (Å²) < 4.78 is 4.95. The molecular formula is C12H25NO2S. The van der Waals surface area contributed by atoms with Gasteiger partial charge >= 0.3 is 0 Å². The summed E-state index contributed by atoms with van der Waals surface area (Å²) in [6.45, 7) is 3.39. The minimum absolute atomic E-state index is 0.354. The molecule has 4 heteroatoms. The molecule has 0 heterocycles. The van der Waals surface area contributed by atoms with Gasteiger partial charge in [-0.25, -0.2) is 0 Å². The van der Waals surface area contributed by atoms with Crippen LogP contribution in [-0.4, -0.2) is 60.5 Å². The number of aliphatic hydroxyl groups excluding tert-OH is 1. The quantitative estimate of drug-likeness (QED) is 0.741. The Kier molecular flexibility index (Phi) is 6.73. The molecule has 1 saturated carbocycles. The first-order chi connectivity index (χ1) is 7.67. The van der Waals surface area contributed by atoms with Gasteiger partial charge in [0, 0.05) is 24.9 Å². The van der Waals surface area contributed by atoms with E-state index in [0.717, 1.165) is 11.8 Å². The third-order valence-corrected chi connectivity index (χ3v) is 4.47. The fourth-order valence-corrected chi connectivity index (χ4v) is 3.56. The standard InChI is InChI=1S/C12H25NO2S/c1-4-16-12-6-5-10(7-12)13(2)8-11(14)9-15-3/h10-12,14H,4-9H2,1-3H3/t10-,11-,12+/m0/s1. The van der Waals surface area contributed by atoms with Crippen LogP contribution in [0.3, 0.4) is 0 Å². The zero-order valence-corrected chi connectivity index (χ0v) is 11.5. The average molecular weight is 247 g/mol. The minimum atomic E-state index is -0.354.